The standard InChI is InChI=1S/C14H22N4O/c1-4-19-7-10(5-9(2)3)11-6-12-13(14(15)18-11)17-8-16-12/h6,8-10H,4-5,7H2,1-3H3,(H2,15,18)(H,16,17). The van der Waals surface area contributed by atoms with Gasteiger partial charge in [-0.2, -0.15) is 0 Å². The maximum absolute atomic E-state index is 5.96. The summed E-state index contributed by atoms with van der Waals surface area (Å²) in [6.45, 7) is 7.82. The number of fused-ring (bicyclic) bond motifs is 1. The van der Waals surface area contributed by atoms with E-state index in [4.69, 9.17) is 10.5 Å². The number of rotatable bonds is 6. The van der Waals surface area contributed by atoms with E-state index in [9.17, 15) is 0 Å². The molecule has 0 bridgehead atoms. The number of H-pyrrole nitrogens is 1. The van der Waals surface area contributed by atoms with Gasteiger partial charge in [-0.3, -0.25) is 0 Å². The number of pyridine rings is 1. The van der Waals surface area contributed by atoms with Crippen molar-refractivity contribution in [3.05, 3.63) is 18.1 Å². The van der Waals surface area contributed by atoms with Crippen molar-refractivity contribution in [3.63, 3.8) is 0 Å². The summed E-state index contributed by atoms with van der Waals surface area (Å²) in [7, 11) is 0. The van der Waals surface area contributed by atoms with Crippen molar-refractivity contribution < 1.29 is 4.74 Å². The van der Waals surface area contributed by atoms with Crippen molar-refractivity contribution in [3.8, 4) is 0 Å². The van der Waals surface area contributed by atoms with E-state index in [0.717, 1.165) is 29.8 Å². The molecule has 2 aromatic heterocycles. The molecule has 5 heteroatoms. The Hall–Kier alpha value is -1.62. The quantitative estimate of drug-likeness (QED) is 0.839. The Balaban J connectivity index is 2.31. The van der Waals surface area contributed by atoms with Gasteiger partial charge in [0.25, 0.3) is 0 Å². The second-order valence-corrected chi connectivity index (χ2v) is 5.22. The first-order valence-corrected chi connectivity index (χ1v) is 6.79. The summed E-state index contributed by atoms with van der Waals surface area (Å²) in [5.74, 6) is 1.35. The SMILES string of the molecule is CCOCC(CC(C)C)c1cc2[nH]cnc2c(N)n1. The third-order valence-corrected chi connectivity index (χ3v) is 3.15. The zero-order chi connectivity index (χ0) is 13.8. The molecule has 5 nitrogen and oxygen atoms in total. The molecule has 0 spiro atoms. The predicted molar refractivity (Wildman–Crippen MR) is 77.0 cm³/mol. The zero-order valence-corrected chi connectivity index (χ0v) is 11.8. The van der Waals surface area contributed by atoms with E-state index in [-0.39, 0.29) is 5.92 Å². The van der Waals surface area contributed by atoms with E-state index < -0.39 is 0 Å². The van der Waals surface area contributed by atoms with Gasteiger partial charge in [-0.25, -0.2) is 9.97 Å². The average molecular weight is 262 g/mol. The first-order chi connectivity index (χ1) is 9.11. The summed E-state index contributed by atoms with van der Waals surface area (Å²) in [5.41, 5.74) is 8.62. The molecule has 0 aliphatic rings. The summed E-state index contributed by atoms with van der Waals surface area (Å²) in [4.78, 5) is 11.8. The van der Waals surface area contributed by atoms with Gasteiger partial charge in [-0.15, -0.1) is 0 Å². The number of ether oxygens (including phenoxy) is 1. The van der Waals surface area contributed by atoms with Gasteiger partial charge < -0.3 is 15.5 Å². The lowest BCUT2D eigenvalue weighted by Crippen LogP contribution is -2.13. The number of anilines is 1. The minimum absolute atomic E-state index is 0.273. The Kier molecular flexibility index (Phi) is 4.37. The Morgan fingerprint density at radius 1 is 1.42 bits per heavy atom. The average Bonchev–Trinajstić information content (AvgIpc) is 2.82. The van der Waals surface area contributed by atoms with Crippen LogP contribution in [-0.4, -0.2) is 28.2 Å². The highest BCUT2D eigenvalue weighted by Gasteiger charge is 2.17. The molecule has 2 heterocycles. The zero-order valence-electron chi connectivity index (χ0n) is 11.8. The van der Waals surface area contributed by atoms with Crippen molar-refractivity contribution in [2.45, 2.75) is 33.1 Å². The Labute approximate surface area is 113 Å². The number of nitrogens with zero attached hydrogens (tertiary/aromatic N) is 2. The lowest BCUT2D eigenvalue weighted by atomic mass is 9.94. The Morgan fingerprint density at radius 3 is 2.89 bits per heavy atom. The van der Waals surface area contributed by atoms with E-state index in [0.29, 0.717) is 18.3 Å². The third-order valence-electron chi connectivity index (χ3n) is 3.15. The highest BCUT2D eigenvalue weighted by atomic mass is 16.5. The van der Waals surface area contributed by atoms with Crippen molar-refractivity contribution in [2.75, 3.05) is 18.9 Å². The lowest BCUT2D eigenvalue weighted by Gasteiger charge is -2.18. The number of hydrogen-bond acceptors (Lipinski definition) is 4. The van der Waals surface area contributed by atoms with Crippen LogP contribution in [-0.2, 0) is 4.74 Å². The van der Waals surface area contributed by atoms with E-state index >= 15 is 0 Å². The van der Waals surface area contributed by atoms with Crippen molar-refractivity contribution >= 4 is 16.9 Å². The fraction of sp³-hybridized carbons (Fsp3) is 0.571. The smallest absolute Gasteiger partial charge is 0.151 e. The molecule has 0 aliphatic carbocycles. The molecule has 0 aliphatic heterocycles. The van der Waals surface area contributed by atoms with E-state index in [1.807, 2.05) is 13.0 Å². The van der Waals surface area contributed by atoms with Crippen LogP contribution in [0.4, 0.5) is 5.82 Å². The van der Waals surface area contributed by atoms with E-state index in [1.165, 1.54) is 0 Å². The fourth-order valence-electron chi connectivity index (χ4n) is 2.30. The minimum atomic E-state index is 0.273. The van der Waals surface area contributed by atoms with Crippen LogP contribution in [0.3, 0.4) is 0 Å². The molecule has 104 valence electrons. The van der Waals surface area contributed by atoms with Gasteiger partial charge in [-0.05, 0) is 25.3 Å². The molecule has 0 saturated heterocycles. The first kappa shape index (κ1) is 13.8. The number of aromatic nitrogens is 3. The van der Waals surface area contributed by atoms with E-state index in [1.54, 1.807) is 6.33 Å². The molecule has 3 N–H and O–H groups in total. The minimum Gasteiger partial charge on any atom is -0.382 e. The second kappa shape index (κ2) is 6.02. The summed E-state index contributed by atoms with van der Waals surface area (Å²) in [6.07, 6.45) is 2.68. The molecule has 0 saturated carbocycles. The molecule has 0 aromatic carbocycles. The molecule has 1 atom stereocenters. The first-order valence-electron chi connectivity index (χ1n) is 6.79. The summed E-state index contributed by atoms with van der Waals surface area (Å²) < 4.78 is 5.58. The molecule has 19 heavy (non-hydrogen) atoms. The van der Waals surface area contributed by atoms with Crippen LogP contribution in [0.2, 0.25) is 0 Å². The van der Waals surface area contributed by atoms with E-state index in [2.05, 4.69) is 28.8 Å². The van der Waals surface area contributed by atoms with Crippen molar-refractivity contribution in [1.29, 1.82) is 0 Å². The molecule has 1 unspecified atom stereocenters. The fourth-order valence-corrected chi connectivity index (χ4v) is 2.30. The summed E-state index contributed by atoms with van der Waals surface area (Å²) in [6, 6.07) is 2.03. The number of aromatic amines is 1. The normalized spacial score (nSPS) is 13.3. The summed E-state index contributed by atoms with van der Waals surface area (Å²) in [5, 5.41) is 0. The maximum Gasteiger partial charge on any atom is 0.151 e. The lowest BCUT2D eigenvalue weighted by molar-refractivity contribution is 0.125. The molecule has 2 aromatic rings. The highest BCUT2D eigenvalue weighted by Crippen LogP contribution is 2.26. The number of imidazole rings is 1. The van der Waals surface area contributed by atoms with Crippen LogP contribution in [0, 0.1) is 5.92 Å². The summed E-state index contributed by atoms with van der Waals surface area (Å²) >= 11 is 0. The largest absolute Gasteiger partial charge is 0.382 e. The van der Waals surface area contributed by atoms with Gasteiger partial charge in [0.1, 0.15) is 5.52 Å². The van der Waals surface area contributed by atoms with Gasteiger partial charge in [-0.1, -0.05) is 13.8 Å². The van der Waals surface area contributed by atoms with Crippen LogP contribution < -0.4 is 5.73 Å². The molecular formula is C14H22N4O. The Morgan fingerprint density at radius 2 is 2.21 bits per heavy atom. The number of nitrogen functional groups attached to an aromatic ring is 1. The van der Waals surface area contributed by atoms with Gasteiger partial charge >= 0.3 is 0 Å². The maximum atomic E-state index is 5.96. The van der Waals surface area contributed by atoms with Crippen molar-refractivity contribution in [2.24, 2.45) is 5.92 Å². The number of nitrogens with two attached hydrogens (primary N) is 1. The highest BCUT2D eigenvalue weighted by molar-refractivity contribution is 5.84. The monoisotopic (exact) mass is 262 g/mol. The predicted octanol–water partition coefficient (Wildman–Crippen LogP) is 2.71. The van der Waals surface area contributed by atoms with Gasteiger partial charge in [0.2, 0.25) is 0 Å². The van der Waals surface area contributed by atoms with Gasteiger partial charge in [0.15, 0.2) is 5.82 Å². The number of nitrogens with one attached hydrogen (secondary N) is 1. The van der Waals surface area contributed by atoms with Crippen LogP contribution >= 0.6 is 0 Å². The third kappa shape index (κ3) is 3.23. The molecule has 2 rings (SSSR count). The van der Waals surface area contributed by atoms with Crippen LogP contribution in [0.25, 0.3) is 11.0 Å². The Bertz CT molecular complexity index is 535. The van der Waals surface area contributed by atoms with Gasteiger partial charge in [0.05, 0.1) is 24.1 Å². The second-order valence-electron chi connectivity index (χ2n) is 5.22. The van der Waals surface area contributed by atoms with Crippen LogP contribution in [0.15, 0.2) is 12.4 Å². The van der Waals surface area contributed by atoms with Crippen LogP contribution in [0.1, 0.15) is 38.8 Å². The molecular weight excluding hydrogens is 240 g/mol. The van der Waals surface area contributed by atoms with Crippen molar-refractivity contribution in [1.82, 2.24) is 15.0 Å². The van der Waals surface area contributed by atoms with Gasteiger partial charge in [0, 0.05) is 12.5 Å². The molecule has 0 radical (unpaired) electrons. The number of hydrogen-bond donors (Lipinski definition) is 2. The topological polar surface area (TPSA) is 76.8 Å². The molecule has 0 amide bonds. The van der Waals surface area contributed by atoms with Crippen LogP contribution in [0.5, 0.6) is 0 Å². The molecule has 0 fully saturated rings.